The van der Waals surface area contributed by atoms with Crippen LogP contribution in [-0.2, 0) is 4.79 Å². The Labute approximate surface area is 225 Å². The van der Waals surface area contributed by atoms with E-state index in [1.54, 1.807) is 7.11 Å². The van der Waals surface area contributed by atoms with Gasteiger partial charge in [0.2, 0.25) is 5.75 Å². The predicted octanol–water partition coefficient (Wildman–Crippen LogP) is 5.70. The quantitative estimate of drug-likeness (QED) is 0.260. The first-order valence-electron chi connectivity index (χ1n) is 12.6. The van der Waals surface area contributed by atoms with Crippen LogP contribution < -0.4 is 24.8 Å². The van der Waals surface area contributed by atoms with Gasteiger partial charge in [0.25, 0.3) is 0 Å². The van der Waals surface area contributed by atoms with E-state index in [1.165, 1.54) is 19.2 Å². The summed E-state index contributed by atoms with van der Waals surface area (Å²) in [5, 5.41) is 28.9. The summed E-state index contributed by atoms with van der Waals surface area (Å²) in [6.07, 6.45) is 0.769. The van der Waals surface area contributed by atoms with Crippen molar-refractivity contribution >= 4 is 22.8 Å². The van der Waals surface area contributed by atoms with Crippen molar-refractivity contribution in [2.24, 2.45) is 0 Å². The number of allylic oxidation sites excluding steroid dienone is 1. The molecule has 0 bridgehead atoms. The average molecular weight is 532 g/mol. The van der Waals surface area contributed by atoms with Gasteiger partial charge in [0.05, 0.1) is 43.2 Å². The zero-order chi connectivity index (χ0) is 27.7. The van der Waals surface area contributed by atoms with Crippen molar-refractivity contribution in [3.63, 3.8) is 0 Å². The van der Waals surface area contributed by atoms with Crippen LogP contribution in [0.5, 0.6) is 23.0 Å². The molecule has 1 aliphatic carbocycles. The zero-order valence-corrected chi connectivity index (χ0v) is 21.8. The topological polar surface area (TPSA) is 132 Å². The fraction of sp³-hybridized carbons (Fsp3) is 0.276. The van der Waals surface area contributed by atoms with Crippen LogP contribution in [0.25, 0.3) is 0 Å². The zero-order valence-electron chi connectivity index (χ0n) is 21.8. The Morgan fingerprint density at radius 2 is 1.69 bits per heavy atom. The molecule has 0 aromatic heterocycles. The van der Waals surface area contributed by atoms with Gasteiger partial charge in [-0.1, -0.05) is 18.2 Å². The Hall–Kier alpha value is -4.73. The van der Waals surface area contributed by atoms with Gasteiger partial charge in [0.1, 0.15) is 0 Å². The van der Waals surface area contributed by atoms with Crippen LogP contribution in [0.1, 0.15) is 42.9 Å². The highest BCUT2D eigenvalue weighted by Crippen LogP contribution is 2.47. The largest absolute Gasteiger partial charge is 0.500 e. The number of methoxy groups -OCH3 is 2. The molecule has 0 radical (unpaired) electrons. The lowest BCUT2D eigenvalue weighted by atomic mass is 9.78. The van der Waals surface area contributed by atoms with Crippen LogP contribution in [0.15, 0.2) is 65.9 Å². The molecular formula is C29H29N3O7. The van der Waals surface area contributed by atoms with Gasteiger partial charge in [-0.2, -0.15) is 0 Å². The van der Waals surface area contributed by atoms with E-state index in [2.05, 4.69) is 10.6 Å². The standard InChI is InChI=1S/C29H29N3O7/c1-4-39-24-10-9-16(14-25(24)37-2)17-11-21-27(23(33)13-17)28(31-20-8-6-5-7-19(20)30-21)18-12-22(32(35)36)29(34)26(15-18)38-3/h5-10,12,14-15,17,28,30-31,34H,4,11,13H2,1-3H3/t17-,28+/m1/s1. The molecular weight excluding hydrogens is 502 g/mol. The van der Waals surface area contributed by atoms with Crippen LogP contribution in [0.4, 0.5) is 17.1 Å². The summed E-state index contributed by atoms with van der Waals surface area (Å²) in [5.41, 5.74) is 3.60. The molecule has 202 valence electrons. The molecule has 5 rings (SSSR count). The second kappa shape index (κ2) is 10.6. The third kappa shape index (κ3) is 4.81. The van der Waals surface area contributed by atoms with E-state index in [4.69, 9.17) is 14.2 Å². The molecule has 3 aromatic rings. The van der Waals surface area contributed by atoms with Gasteiger partial charge < -0.3 is 30.0 Å². The monoisotopic (exact) mass is 531 g/mol. The van der Waals surface area contributed by atoms with Gasteiger partial charge in [-0.15, -0.1) is 0 Å². The number of nitrogens with one attached hydrogen (secondary N) is 2. The normalized spacial score (nSPS) is 18.2. The van der Waals surface area contributed by atoms with Crippen LogP contribution >= 0.6 is 0 Å². The molecule has 2 aliphatic rings. The van der Waals surface area contributed by atoms with Crippen LogP contribution in [0.2, 0.25) is 0 Å². The number of rotatable bonds is 7. The van der Waals surface area contributed by atoms with Crippen molar-refractivity contribution in [3.05, 3.63) is 87.1 Å². The van der Waals surface area contributed by atoms with Gasteiger partial charge in [0.15, 0.2) is 23.0 Å². The highest BCUT2D eigenvalue weighted by molar-refractivity contribution is 6.01. The molecule has 3 aromatic carbocycles. The maximum absolute atomic E-state index is 13.9. The minimum absolute atomic E-state index is 0.0451. The fourth-order valence-corrected chi connectivity index (χ4v) is 5.27. The molecule has 0 saturated carbocycles. The van der Waals surface area contributed by atoms with Crippen molar-refractivity contribution in [3.8, 4) is 23.0 Å². The number of para-hydroxylation sites is 2. The molecule has 1 aliphatic heterocycles. The number of ether oxygens (including phenoxy) is 3. The van der Waals surface area contributed by atoms with E-state index in [0.717, 1.165) is 22.6 Å². The highest BCUT2D eigenvalue weighted by atomic mass is 16.6. The molecule has 0 saturated heterocycles. The third-order valence-corrected chi connectivity index (χ3v) is 7.10. The van der Waals surface area contributed by atoms with Crippen molar-refractivity contribution in [1.29, 1.82) is 0 Å². The van der Waals surface area contributed by atoms with E-state index in [-0.39, 0.29) is 23.9 Å². The van der Waals surface area contributed by atoms with Gasteiger partial charge in [-0.3, -0.25) is 14.9 Å². The number of carbonyl (C=O) groups is 1. The fourth-order valence-electron chi connectivity index (χ4n) is 5.27. The maximum atomic E-state index is 13.9. The van der Waals surface area contributed by atoms with E-state index < -0.39 is 22.4 Å². The van der Waals surface area contributed by atoms with Crippen molar-refractivity contribution in [2.75, 3.05) is 31.5 Å². The molecule has 0 fully saturated rings. The molecule has 39 heavy (non-hydrogen) atoms. The number of benzene rings is 3. The number of phenolic OH excluding ortho intramolecular Hbond substituents is 1. The summed E-state index contributed by atoms with van der Waals surface area (Å²) in [6, 6.07) is 15.3. The summed E-state index contributed by atoms with van der Waals surface area (Å²) in [6.45, 7) is 2.41. The minimum Gasteiger partial charge on any atom is -0.500 e. The number of phenols is 1. The average Bonchev–Trinajstić information content (AvgIpc) is 3.10. The number of hydrogen-bond acceptors (Lipinski definition) is 9. The van der Waals surface area contributed by atoms with Crippen LogP contribution in [0.3, 0.4) is 0 Å². The number of Topliss-reactive ketones (excluding diaryl/α,β-unsaturated/α-hetero) is 1. The Morgan fingerprint density at radius 3 is 2.38 bits per heavy atom. The van der Waals surface area contributed by atoms with Crippen LogP contribution in [0, 0.1) is 10.1 Å². The molecule has 1 heterocycles. The van der Waals surface area contributed by atoms with Crippen molar-refractivity contribution < 1.29 is 29.0 Å². The number of ketones is 1. The lowest BCUT2D eigenvalue weighted by Crippen LogP contribution is -2.27. The van der Waals surface area contributed by atoms with Gasteiger partial charge in [-0.05, 0) is 60.7 Å². The SMILES string of the molecule is CCOc1ccc([C@H]2CC(=O)C3=C(C2)Nc2ccccc2N[C@H]3c2cc(OC)c(O)c([N+](=O)[O-])c2)cc1OC. The smallest absolute Gasteiger partial charge is 0.315 e. The molecule has 10 heteroatoms. The number of nitro groups is 1. The minimum atomic E-state index is -0.715. The van der Waals surface area contributed by atoms with Gasteiger partial charge in [-0.25, -0.2) is 0 Å². The van der Waals surface area contributed by atoms with E-state index in [0.29, 0.717) is 35.7 Å². The Morgan fingerprint density at radius 1 is 0.974 bits per heavy atom. The molecule has 0 spiro atoms. The number of nitro benzene ring substituents is 1. The second-order valence-electron chi connectivity index (χ2n) is 9.36. The lowest BCUT2D eigenvalue weighted by Gasteiger charge is -2.30. The Bertz CT molecular complexity index is 1480. The van der Waals surface area contributed by atoms with Crippen LogP contribution in [-0.4, -0.2) is 36.6 Å². The lowest BCUT2D eigenvalue weighted by molar-refractivity contribution is -0.386. The summed E-state index contributed by atoms with van der Waals surface area (Å²) < 4.78 is 16.4. The Balaban J connectivity index is 1.62. The van der Waals surface area contributed by atoms with E-state index >= 15 is 0 Å². The number of hydrogen-bond donors (Lipinski definition) is 3. The first-order chi connectivity index (χ1) is 18.8. The first-order valence-corrected chi connectivity index (χ1v) is 12.6. The van der Waals surface area contributed by atoms with Crippen molar-refractivity contribution in [1.82, 2.24) is 0 Å². The van der Waals surface area contributed by atoms with E-state index in [1.807, 2.05) is 49.4 Å². The predicted molar refractivity (Wildman–Crippen MR) is 146 cm³/mol. The Kier molecular flexibility index (Phi) is 7.02. The summed E-state index contributed by atoms with van der Waals surface area (Å²) in [5.74, 6) is 0.413. The van der Waals surface area contributed by atoms with Gasteiger partial charge >= 0.3 is 5.69 Å². The first kappa shape index (κ1) is 25.9. The summed E-state index contributed by atoms with van der Waals surface area (Å²) in [4.78, 5) is 24.9. The number of anilines is 2. The van der Waals surface area contributed by atoms with E-state index in [9.17, 15) is 20.0 Å². The summed E-state index contributed by atoms with van der Waals surface area (Å²) >= 11 is 0. The molecule has 3 N–H and O–H groups in total. The highest BCUT2D eigenvalue weighted by Gasteiger charge is 2.37. The maximum Gasteiger partial charge on any atom is 0.315 e. The number of nitrogens with zero attached hydrogens (tertiary/aromatic N) is 1. The molecule has 2 atom stereocenters. The number of aromatic hydroxyl groups is 1. The molecule has 0 unspecified atom stereocenters. The second-order valence-corrected chi connectivity index (χ2v) is 9.36. The molecule has 0 amide bonds. The number of carbonyl (C=O) groups excluding carboxylic acids is 1. The number of fused-ring (bicyclic) bond motifs is 1. The van der Waals surface area contributed by atoms with Gasteiger partial charge in [0, 0.05) is 23.8 Å². The molecule has 10 nitrogen and oxygen atoms in total. The summed E-state index contributed by atoms with van der Waals surface area (Å²) in [7, 11) is 2.91. The van der Waals surface area contributed by atoms with Crippen molar-refractivity contribution in [2.45, 2.75) is 31.7 Å². The third-order valence-electron chi connectivity index (χ3n) is 7.10.